The molecule has 0 unspecified atom stereocenters. The van der Waals surface area contributed by atoms with E-state index in [1.54, 1.807) is 91.0 Å². The highest BCUT2D eigenvalue weighted by Crippen LogP contribution is 2.13. The van der Waals surface area contributed by atoms with Gasteiger partial charge in [0.25, 0.3) is 17.7 Å². The smallest absolute Gasteiger partial charge is 0.335 e. The Morgan fingerprint density at radius 3 is 0.833 bits per heavy atom. The second-order valence-corrected chi connectivity index (χ2v) is 19.2. The Hall–Kier alpha value is -9.21. The first-order valence-electron chi connectivity index (χ1n) is 25.2. The molecule has 0 atom stereocenters. The van der Waals surface area contributed by atoms with Crippen LogP contribution in [0, 0.1) is 7.14 Å². The van der Waals surface area contributed by atoms with E-state index in [9.17, 15) is 67.1 Å². The van der Waals surface area contributed by atoms with E-state index in [1.165, 1.54) is 94.0 Å². The summed E-state index contributed by atoms with van der Waals surface area (Å²) in [6, 6.07) is 25.9. The number of carboxylic acids is 2. The van der Waals surface area contributed by atoms with Gasteiger partial charge in [0.05, 0.1) is 61.9 Å². The predicted octanol–water partition coefficient (Wildman–Crippen LogP) is 5.02. The Balaban J connectivity index is -0.00000108. The maximum atomic E-state index is 12.5. The predicted molar refractivity (Wildman–Crippen MR) is 344 cm³/mol. The first-order valence-corrected chi connectivity index (χ1v) is 27.4. The van der Waals surface area contributed by atoms with Crippen LogP contribution in [-0.2, 0) is 81.1 Å². The van der Waals surface area contributed by atoms with E-state index < -0.39 is 78.6 Å². The number of amides is 3. The van der Waals surface area contributed by atoms with Crippen molar-refractivity contribution in [3.63, 3.8) is 0 Å². The molecule has 4 aromatic carbocycles. The molecule has 4 aromatic rings. The standard InChI is InChI=1S/C17H19NO6.C16H17NO7.C13H14INO5.C7H5IO2.C4H6O.C3H7NO2.ClH/c1-12(19)4-5-13-6-8-14(9-7-13)17(22)18(10-15(20)23-2)11-16(21)24-3;1-23-14(20)9-17(10-15(21)24-2)16(22)12-6-3-11(4-7-12)5-8-13(18)19;1-19-11(16)7-15(8-12(17)20-2)13(18)9-3-5-10(14)6-4-9;8-6-3-1-5(2-4-6)7(9)10;1-3-4(2)5;1-6-3(5)2-4;/h4-9H,10-11H2,1-3H3;3-8H,9-10H2,1-2H3,(H,18,19);3-6H,7-8H2,1-2H3;1-4H,(H,9,10);3H,1H2,2H3;2,4H2,1H3;1H/b5-4+;8-5+;;;;;. The number of ether oxygens (including phenoxy) is 7. The molecule has 4 N–H and O–H groups in total. The van der Waals surface area contributed by atoms with E-state index in [0.29, 0.717) is 22.3 Å². The highest BCUT2D eigenvalue weighted by molar-refractivity contribution is 14.1. The van der Waals surface area contributed by atoms with Crippen LogP contribution in [0.3, 0.4) is 0 Å². The van der Waals surface area contributed by atoms with Gasteiger partial charge in [0.1, 0.15) is 39.3 Å². The number of benzene rings is 4. The maximum absolute atomic E-state index is 12.5. The van der Waals surface area contributed by atoms with Crippen LogP contribution in [0.1, 0.15) is 66.4 Å². The summed E-state index contributed by atoms with van der Waals surface area (Å²) >= 11 is 4.24. The molecule has 3 amide bonds. The number of aliphatic carboxylic acids is 1. The van der Waals surface area contributed by atoms with Gasteiger partial charge in [-0.1, -0.05) is 36.9 Å². The zero-order valence-corrected chi connectivity index (χ0v) is 55.5. The molecule has 0 aromatic heterocycles. The van der Waals surface area contributed by atoms with Crippen molar-refractivity contribution >= 4 is 153 Å². The van der Waals surface area contributed by atoms with Crippen LogP contribution in [0.25, 0.3) is 12.2 Å². The fourth-order valence-corrected chi connectivity index (χ4v) is 6.31. The summed E-state index contributed by atoms with van der Waals surface area (Å²) in [5, 5.41) is 17.0. The third-order valence-electron chi connectivity index (χ3n) is 10.3. The van der Waals surface area contributed by atoms with Crippen LogP contribution >= 0.6 is 57.6 Å². The van der Waals surface area contributed by atoms with Crippen molar-refractivity contribution in [2.24, 2.45) is 5.73 Å². The van der Waals surface area contributed by atoms with E-state index in [4.69, 9.17) is 15.9 Å². The number of hydrogen-bond acceptors (Lipinski definition) is 22. The molecule has 0 aliphatic carbocycles. The Labute approximate surface area is 552 Å². The molecule has 27 nitrogen and oxygen atoms in total. The van der Waals surface area contributed by atoms with Crippen molar-refractivity contribution in [2.45, 2.75) is 13.8 Å². The molecule has 0 spiro atoms. The van der Waals surface area contributed by atoms with Crippen molar-refractivity contribution in [1.82, 2.24) is 14.7 Å². The van der Waals surface area contributed by atoms with E-state index in [1.807, 2.05) is 0 Å². The minimum absolute atomic E-state index is 0. The summed E-state index contributed by atoms with van der Waals surface area (Å²) in [5.41, 5.74) is 7.38. The first kappa shape index (κ1) is 85.0. The Kier molecular flexibility index (Phi) is 46.0. The zero-order valence-electron chi connectivity index (χ0n) is 50.3. The van der Waals surface area contributed by atoms with E-state index >= 15 is 0 Å². The molecule has 0 saturated carbocycles. The molecule has 488 valence electrons. The highest BCUT2D eigenvalue weighted by atomic mass is 127. The maximum Gasteiger partial charge on any atom is 0.335 e. The second kappa shape index (κ2) is 48.8. The number of rotatable bonds is 22. The number of esters is 7. The van der Waals surface area contributed by atoms with Gasteiger partial charge in [-0.2, -0.15) is 0 Å². The number of aromatic carboxylic acids is 1. The van der Waals surface area contributed by atoms with Crippen LogP contribution in [0.2, 0.25) is 0 Å². The van der Waals surface area contributed by atoms with Crippen molar-refractivity contribution in [2.75, 3.05) is 95.6 Å². The fourth-order valence-electron chi connectivity index (χ4n) is 5.59. The molecule has 0 fully saturated rings. The average molecular weight is 1500 g/mol. The topological polar surface area (TPSA) is 380 Å². The summed E-state index contributed by atoms with van der Waals surface area (Å²) in [6.07, 6.45) is 6.66. The Morgan fingerprint density at radius 2 is 0.644 bits per heavy atom. The SMILES string of the molecule is C=CC(C)=O.COC(=O)CN.COC(=O)CN(CC(=O)OC)C(=O)c1ccc(/C=C/C(=O)O)cc1.COC(=O)CN(CC(=O)OC)C(=O)c1ccc(/C=C/C(C)=O)cc1.COC(=O)CN(CC(=O)OC)C(=O)c1ccc(I)cc1.Cl.O=C(O)c1ccc(I)cc1. The van der Waals surface area contributed by atoms with Crippen LogP contribution in [0.15, 0.2) is 122 Å². The number of nitrogens with two attached hydrogens (primary N) is 1. The quantitative estimate of drug-likeness (QED) is 0.0402. The van der Waals surface area contributed by atoms with Gasteiger partial charge in [-0.25, -0.2) is 9.59 Å². The molecule has 0 saturated heterocycles. The summed E-state index contributed by atoms with van der Waals surface area (Å²) in [4.78, 5) is 160. The van der Waals surface area contributed by atoms with Gasteiger partial charge in [-0.15, -0.1) is 12.4 Å². The van der Waals surface area contributed by atoms with Gasteiger partial charge in [0.2, 0.25) is 0 Å². The number of methoxy groups -OCH3 is 7. The van der Waals surface area contributed by atoms with Gasteiger partial charge >= 0.3 is 53.7 Å². The third kappa shape index (κ3) is 38.8. The monoisotopic (exact) mass is 1500 g/mol. The number of ketones is 2. The van der Waals surface area contributed by atoms with Crippen LogP contribution < -0.4 is 5.73 Å². The largest absolute Gasteiger partial charge is 0.478 e. The Bertz CT molecular complexity index is 2930. The van der Waals surface area contributed by atoms with Gasteiger partial charge in [0, 0.05) is 29.9 Å². The molecular formula is C60H69ClI2N4O23. The molecule has 0 bridgehead atoms. The molecule has 30 heteroatoms. The van der Waals surface area contributed by atoms with Gasteiger partial charge in [-0.05, 0) is 161 Å². The normalized spacial score (nSPS) is 9.56. The average Bonchev–Trinajstić information content (AvgIpc) is 2.82. The first-order chi connectivity index (χ1) is 42.0. The summed E-state index contributed by atoms with van der Waals surface area (Å²) < 4.78 is 33.3. The number of allylic oxidation sites excluding steroid dienone is 2. The van der Waals surface area contributed by atoms with E-state index in [-0.39, 0.29) is 68.2 Å². The summed E-state index contributed by atoms with van der Waals surface area (Å²) in [5.74, 6) is -7.75. The van der Waals surface area contributed by atoms with Crippen LogP contribution in [0.4, 0.5) is 0 Å². The molecule has 0 radical (unpaired) electrons. The zero-order chi connectivity index (χ0) is 68.2. The lowest BCUT2D eigenvalue weighted by molar-refractivity contribution is -0.146. The van der Waals surface area contributed by atoms with Gasteiger partial charge < -0.3 is 63.8 Å². The Morgan fingerprint density at radius 1 is 0.411 bits per heavy atom. The minimum atomic E-state index is -1.09. The summed E-state index contributed by atoms with van der Waals surface area (Å²) in [6.45, 7) is 3.94. The third-order valence-corrected chi connectivity index (χ3v) is 11.7. The van der Waals surface area contributed by atoms with Crippen LogP contribution in [0.5, 0.6) is 0 Å². The van der Waals surface area contributed by atoms with E-state index in [2.05, 4.69) is 84.9 Å². The highest BCUT2D eigenvalue weighted by Gasteiger charge is 2.25. The van der Waals surface area contributed by atoms with Crippen LogP contribution in [-0.4, -0.2) is 204 Å². The van der Waals surface area contributed by atoms with Gasteiger partial charge in [-0.3, -0.25) is 57.5 Å². The summed E-state index contributed by atoms with van der Waals surface area (Å²) in [7, 11) is 8.47. The molecule has 0 heterocycles. The van der Waals surface area contributed by atoms with Crippen molar-refractivity contribution in [3.8, 4) is 0 Å². The fraction of sp³-hybridized carbons (Fsp3) is 0.267. The van der Waals surface area contributed by atoms with E-state index in [0.717, 1.165) is 33.5 Å². The lowest BCUT2D eigenvalue weighted by Gasteiger charge is -2.20. The number of carbonyl (C=O) groups excluding carboxylic acids is 12. The number of carbonyl (C=O) groups is 14. The number of hydrogen-bond donors (Lipinski definition) is 3. The lowest BCUT2D eigenvalue weighted by Crippen LogP contribution is -2.40. The molecule has 4 rings (SSSR count). The molecular weight excluding hydrogens is 1430 g/mol. The molecule has 90 heavy (non-hydrogen) atoms. The number of nitrogens with zero attached hydrogens (tertiary/aromatic N) is 3. The minimum Gasteiger partial charge on any atom is -0.478 e. The number of halogens is 3. The molecule has 0 aliphatic heterocycles. The van der Waals surface area contributed by atoms with Crippen molar-refractivity contribution in [3.05, 3.63) is 162 Å². The molecule has 0 aliphatic rings. The lowest BCUT2D eigenvalue weighted by atomic mass is 10.1. The number of carboxylic acid groups (broad SMARTS) is 2. The second-order valence-electron chi connectivity index (χ2n) is 16.7. The van der Waals surface area contributed by atoms with Crippen molar-refractivity contribution < 1.29 is 110 Å². The van der Waals surface area contributed by atoms with Gasteiger partial charge in [0.15, 0.2) is 11.6 Å². The van der Waals surface area contributed by atoms with Crippen molar-refractivity contribution in [1.29, 1.82) is 0 Å².